The van der Waals surface area contributed by atoms with Crippen molar-refractivity contribution in [3.8, 4) is 0 Å². The molecule has 1 atom stereocenters. The normalized spacial score (nSPS) is 18.9. The summed E-state index contributed by atoms with van der Waals surface area (Å²) in [5.74, 6) is -1.01. The Kier molecular flexibility index (Phi) is 6.16. The molecule has 3 rings (SSSR count). The summed E-state index contributed by atoms with van der Waals surface area (Å²) in [5.41, 5.74) is 1.16. The molecule has 0 saturated heterocycles. The van der Waals surface area contributed by atoms with Crippen LogP contribution in [-0.2, 0) is 14.3 Å². The van der Waals surface area contributed by atoms with E-state index in [4.69, 9.17) is 4.74 Å². The van der Waals surface area contributed by atoms with Crippen LogP contribution in [0.15, 0.2) is 71.2 Å². The molecule has 0 saturated carbocycles. The van der Waals surface area contributed by atoms with Crippen molar-refractivity contribution in [1.82, 2.24) is 0 Å². The van der Waals surface area contributed by atoms with E-state index in [1.165, 1.54) is 7.11 Å². The number of nitrogens with one attached hydrogen (secondary N) is 1. The van der Waals surface area contributed by atoms with Gasteiger partial charge in [0.05, 0.1) is 7.11 Å². The van der Waals surface area contributed by atoms with Crippen LogP contribution in [0, 0.1) is 8.99 Å². The highest BCUT2D eigenvalue weighted by Gasteiger charge is 2.47. The smallest absolute Gasteiger partial charge is 0.325 e. The highest BCUT2D eigenvalue weighted by atomic mass is 127. The summed E-state index contributed by atoms with van der Waals surface area (Å²) in [6.45, 7) is 0. The minimum absolute atomic E-state index is 0.191. The van der Waals surface area contributed by atoms with Crippen LogP contribution in [0.2, 0.25) is 0 Å². The topological polar surface area (TPSA) is 55.4 Å². The highest BCUT2D eigenvalue weighted by molar-refractivity contribution is 14.1. The lowest BCUT2D eigenvalue weighted by atomic mass is 9.78. The van der Waals surface area contributed by atoms with Crippen LogP contribution >= 0.6 is 38.5 Å². The molecule has 27 heavy (non-hydrogen) atoms. The van der Waals surface area contributed by atoms with E-state index in [2.05, 4.69) is 43.8 Å². The Bertz CT molecular complexity index is 922. The molecule has 0 radical (unpaired) electrons. The lowest BCUT2D eigenvalue weighted by Gasteiger charge is -2.30. The first-order chi connectivity index (χ1) is 13.0. The van der Waals surface area contributed by atoms with E-state index in [0.717, 1.165) is 19.2 Å². The van der Waals surface area contributed by atoms with E-state index in [1.807, 2.05) is 42.5 Å². The van der Waals surface area contributed by atoms with E-state index in [1.54, 1.807) is 24.3 Å². The van der Waals surface area contributed by atoms with Crippen molar-refractivity contribution >= 4 is 61.7 Å². The fourth-order valence-corrected chi connectivity index (χ4v) is 4.10. The predicted molar refractivity (Wildman–Crippen MR) is 118 cm³/mol. The number of hydrogen-bond donors (Lipinski definition) is 1. The van der Waals surface area contributed by atoms with Gasteiger partial charge in [0.25, 0.3) is 0 Å². The summed E-state index contributed by atoms with van der Waals surface area (Å²) in [6.07, 6.45) is 3.62. The number of carbonyl (C=O) groups is 2. The van der Waals surface area contributed by atoms with Crippen LogP contribution in [0.5, 0.6) is 0 Å². The number of halogens is 2. The van der Waals surface area contributed by atoms with E-state index >= 15 is 0 Å². The highest BCUT2D eigenvalue weighted by Crippen LogP contribution is 2.42. The van der Waals surface area contributed by atoms with Crippen molar-refractivity contribution < 1.29 is 14.3 Å². The maximum Gasteiger partial charge on any atom is 0.325 e. The number of hydrogen-bond acceptors (Lipinski definition) is 3. The molecule has 138 valence electrons. The molecule has 0 aromatic heterocycles. The maximum absolute atomic E-state index is 13.1. The number of anilines is 1. The van der Waals surface area contributed by atoms with Crippen molar-refractivity contribution in [2.45, 2.75) is 6.42 Å². The molecule has 0 fully saturated rings. The molecule has 4 nitrogen and oxygen atoms in total. The lowest BCUT2D eigenvalue weighted by molar-refractivity contribution is -0.153. The fourth-order valence-electron chi connectivity index (χ4n) is 2.93. The van der Waals surface area contributed by atoms with E-state index in [0.29, 0.717) is 5.69 Å². The third kappa shape index (κ3) is 4.16. The first-order valence-corrected chi connectivity index (χ1v) is 10.1. The number of methoxy groups -OCH3 is 1. The zero-order valence-corrected chi connectivity index (χ0v) is 18.3. The molecule has 1 unspecified atom stereocenters. The second-order valence-electron chi connectivity index (χ2n) is 6.12. The molecule has 1 aliphatic rings. The third-order valence-electron chi connectivity index (χ3n) is 4.40. The molecule has 0 spiro atoms. The molecule has 2 aromatic carbocycles. The van der Waals surface area contributed by atoms with Gasteiger partial charge in [-0.1, -0.05) is 58.4 Å². The number of benzene rings is 2. The number of rotatable bonds is 4. The van der Waals surface area contributed by atoms with Gasteiger partial charge in [0.1, 0.15) is 0 Å². The van der Waals surface area contributed by atoms with Crippen molar-refractivity contribution in [2.75, 3.05) is 12.4 Å². The van der Waals surface area contributed by atoms with Gasteiger partial charge in [-0.3, -0.25) is 9.59 Å². The monoisotopic (exact) mass is 537 g/mol. The fraction of sp³-hybridized carbons (Fsp3) is 0.143. The summed E-state index contributed by atoms with van der Waals surface area (Å²) in [4.78, 5) is 25.6. The van der Waals surface area contributed by atoms with Gasteiger partial charge >= 0.3 is 5.97 Å². The molecule has 1 aliphatic carbocycles. The Balaban J connectivity index is 1.92. The molecular weight excluding hydrogens is 521 g/mol. The maximum atomic E-state index is 13.1. The Morgan fingerprint density at radius 1 is 1.11 bits per heavy atom. The lowest BCUT2D eigenvalue weighted by Crippen LogP contribution is -2.43. The number of allylic oxidation sites excluding steroid dienone is 3. The van der Waals surface area contributed by atoms with Crippen molar-refractivity contribution in [2.24, 2.45) is 5.41 Å². The molecule has 1 N–H and O–H groups in total. The van der Waals surface area contributed by atoms with Crippen molar-refractivity contribution in [3.05, 3.63) is 80.4 Å². The molecule has 0 aliphatic heterocycles. The van der Waals surface area contributed by atoms with Crippen LogP contribution < -0.4 is 5.32 Å². The minimum Gasteiger partial charge on any atom is -0.468 e. The van der Waals surface area contributed by atoms with Crippen molar-refractivity contribution in [3.63, 3.8) is 0 Å². The number of carbonyl (C=O) groups excluding carboxylic acids is 2. The summed E-state index contributed by atoms with van der Waals surface area (Å²) in [7, 11) is 1.29. The van der Waals surface area contributed by atoms with Crippen molar-refractivity contribution in [1.29, 1.82) is 0 Å². The summed E-state index contributed by atoms with van der Waals surface area (Å²) >= 11 is 5.76. The zero-order valence-electron chi connectivity index (χ0n) is 14.5. The van der Waals surface area contributed by atoms with Crippen LogP contribution in [-0.4, -0.2) is 19.0 Å². The third-order valence-corrected chi connectivity index (χ3v) is 5.83. The Morgan fingerprint density at radius 3 is 2.37 bits per heavy atom. The van der Waals surface area contributed by atoms with E-state index < -0.39 is 17.3 Å². The standard InChI is InChI=1S/C21H17BrINO3/c1-27-20(26)21(19(25)24-16-9-7-15(23)8-10-16)12-11-17(18(22)13-21)14-5-3-2-4-6-14/h2-12H,13H2,1H3,(H,24,25). The van der Waals surface area contributed by atoms with Gasteiger partial charge in [-0.15, -0.1) is 0 Å². The first kappa shape index (κ1) is 19.8. The molecule has 2 aromatic rings. The van der Waals surface area contributed by atoms with Gasteiger partial charge in [-0.25, -0.2) is 0 Å². The molecule has 1 amide bonds. The average molecular weight is 538 g/mol. The number of esters is 1. The van der Waals surface area contributed by atoms with Gasteiger partial charge in [0.2, 0.25) is 5.91 Å². The first-order valence-electron chi connectivity index (χ1n) is 8.25. The van der Waals surface area contributed by atoms with Crippen LogP contribution in [0.1, 0.15) is 12.0 Å². The molecule has 0 bridgehead atoms. The van der Waals surface area contributed by atoms with Gasteiger partial charge in [-0.05, 0) is 58.0 Å². The van der Waals surface area contributed by atoms with Gasteiger partial charge < -0.3 is 10.1 Å². The summed E-state index contributed by atoms with van der Waals surface area (Å²) in [5, 5.41) is 2.83. The minimum atomic E-state index is -1.42. The second-order valence-corrected chi connectivity index (χ2v) is 8.32. The second kappa shape index (κ2) is 8.39. The van der Waals surface area contributed by atoms with Gasteiger partial charge in [0.15, 0.2) is 5.41 Å². The molecular formula is C21H17BrINO3. The average Bonchev–Trinajstić information content (AvgIpc) is 2.69. The summed E-state index contributed by atoms with van der Waals surface area (Å²) in [6, 6.07) is 17.2. The van der Waals surface area contributed by atoms with Gasteiger partial charge in [-0.2, -0.15) is 0 Å². The summed E-state index contributed by atoms with van der Waals surface area (Å²) < 4.78 is 6.80. The van der Waals surface area contributed by atoms with Gasteiger partial charge in [0, 0.05) is 20.2 Å². The SMILES string of the molecule is COC(=O)C1(C(=O)Nc2ccc(I)cc2)C=CC(c2ccccc2)=C(Br)C1. The van der Waals surface area contributed by atoms with E-state index in [9.17, 15) is 9.59 Å². The van der Waals surface area contributed by atoms with E-state index in [-0.39, 0.29) is 6.42 Å². The van der Waals surface area contributed by atoms with Crippen LogP contribution in [0.3, 0.4) is 0 Å². The number of ether oxygens (including phenoxy) is 1. The van der Waals surface area contributed by atoms with Crippen LogP contribution in [0.25, 0.3) is 5.57 Å². The Hall–Kier alpha value is -1.93. The largest absolute Gasteiger partial charge is 0.468 e. The predicted octanol–water partition coefficient (Wildman–Crippen LogP) is 5.16. The zero-order chi connectivity index (χ0) is 19.4. The number of amides is 1. The quantitative estimate of drug-likeness (QED) is 0.333. The molecule has 0 heterocycles. The Morgan fingerprint density at radius 2 is 1.78 bits per heavy atom. The molecule has 6 heteroatoms. The van der Waals surface area contributed by atoms with Crippen LogP contribution in [0.4, 0.5) is 5.69 Å². The Labute approximate surface area is 180 Å².